The second-order valence-corrected chi connectivity index (χ2v) is 9.55. The number of fused-ring (bicyclic) bond motifs is 1. The van der Waals surface area contributed by atoms with E-state index < -0.39 is 35.7 Å². The predicted octanol–water partition coefficient (Wildman–Crippen LogP) is 5.71. The van der Waals surface area contributed by atoms with Crippen molar-refractivity contribution in [3.8, 4) is 5.75 Å². The van der Waals surface area contributed by atoms with Gasteiger partial charge in [0.1, 0.15) is 21.2 Å². The van der Waals surface area contributed by atoms with Gasteiger partial charge in [0.05, 0.1) is 11.3 Å². The van der Waals surface area contributed by atoms with E-state index in [4.69, 9.17) is 10.5 Å². The summed E-state index contributed by atoms with van der Waals surface area (Å²) < 4.78 is 72.1. The summed E-state index contributed by atoms with van der Waals surface area (Å²) >= 11 is 0.814. The van der Waals surface area contributed by atoms with Crippen LogP contribution in [-0.4, -0.2) is 26.6 Å². The molecule has 0 saturated heterocycles. The highest BCUT2D eigenvalue weighted by Crippen LogP contribution is 2.48. The van der Waals surface area contributed by atoms with E-state index in [0.29, 0.717) is 10.9 Å². The highest BCUT2D eigenvalue weighted by Gasteiger charge is 2.32. The zero-order valence-corrected chi connectivity index (χ0v) is 20.1. The number of benzene rings is 1. The molecule has 8 nitrogen and oxygen atoms in total. The third kappa shape index (κ3) is 5.16. The highest BCUT2D eigenvalue weighted by molar-refractivity contribution is 7.21. The van der Waals surface area contributed by atoms with Crippen molar-refractivity contribution in [2.75, 3.05) is 5.32 Å². The minimum Gasteiger partial charge on any atom is -0.471 e. The second kappa shape index (κ2) is 9.67. The molecule has 1 aliphatic rings. The SMILES string of the molecule is NC(=O)c1sc2nc(C(F)F)cc(C3CC3)c2c1NC(=O)c1ccn(COc2cccc(C(F)(F)F)c2)n1. The number of ether oxygens (including phenoxy) is 1. The largest absolute Gasteiger partial charge is 0.471 e. The van der Waals surface area contributed by atoms with Gasteiger partial charge in [-0.1, -0.05) is 6.07 Å². The monoisotopic (exact) mass is 551 g/mol. The minimum absolute atomic E-state index is 0.00353. The lowest BCUT2D eigenvalue weighted by molar-refractivity contribution is -0.137. The van der Waals surface area contributed by atoms with Crippen molar-refractivity contribution in [3.05, 3.63) is 70.0 Å². The maximum absolute atomic E-state index is 13.4. The number of hydrogen-bond acceptors (Lipinski definition) is 6. The van der Waals surface area contributed by atoms with Gasteiger partial charge in [-0.3, -0.25) is 9.59 Å². The van der Waals surface area contributed by atoms with Crippen molar-refractivity contribution in [1.82, 2.24) is 14.8 Å². The quantitative estimate of drug-likeness (QED) is 0.272. The van der Waals surface area contributed by atoms with Crippen molar-refractivity contribution in [1.29, 1.82) is 0 Å². The highest BCUT2D eigenvalue weighted by atomic mass is 32.1. The molecule has 4 aromatic rings. The molecule has 1 aromatic carbocycles. The Morgan fingerprint density at radius 3 is 2.63 bits per heavy atom. The molecule has 0 atom stereocenters. The van der Waals surface area contributed by atoms with Crippen molar-refractivity contribution in [2.24, 2.45) is 5.73 Å². The fourth-order valence-corrected chi connectivity index (χ4v) is 4.92. The number of primary amides is 1. The molecule has 38 heavy (non-hydrogen) atoms. The number of alkyl halides is 5. The van der Waals surface area contributed by atoms with Gasteiger partial charge in [0, 0.05) is 11.6 Å². The zero-order valence-electron chi connectivity index (χ0n) is 19.3. The number of amides is 2. The van der Waals surface area contributed by atoms with Crippen molar-refractivity contribution in [3.63, 3.8) is 0 Å². The molecule has 0 spiro atoms. The molecule has 1 aliphatic carbocycles. The molecule has 2 amide bonds. The molecule has 0 radical (unpaired) electrons. The third-order valence-electron chi connectivity index (χ3n) is 5.81. The van der Waals surface area contributed by atoms with E-state index >= 15 is 0 Å². The first-order valence-corrected chi connectivity index (χ1v) is 12.0. The number of nitrogens with zero attached hydrogens (tertiary/aromatic N) is 3. The Morgan fingerprint density at radius 1 is 1.21 bits per heavy atom. The van der Waals surface area contributed by atoms with Crippen LogP contribution >= 0.6 is 11.3 Å². The van der Waals surface area contributed by atoms with E-state index in [-0.39, 0.29) is 39.5 Å². The van der Waals surface area contributed by atoms with Crippen molar-refractivity contribution >= 4 is 39.1 Å². The molecule has 0 aliphatic heterocycles. The van der Waals surface area contributed by atoms with Crippen LogP contribution in [0.5, 0.6) is 5.75 Å². The van der Waals surface area contributed by atoms with Gasteiger partial charge < -0.3 is 15.8 Å². The van der Waals surface area contributed by atoms with Crippen LogP contribution in [0, 0.1) is 0 Å². The number of pyridine rings is 1. The number of halogens is 5. The Morgan fingerprint density at radius 2 is 1.97 bits per heavy atom. The first-order chi connectivity index (χ1) is 18.0. The molecule has 3 heterocycles. The van der Waals surface area contributed by atoms with Gasteiger partial charge in [-0.05, 0) is 54.7 Å². The Labute approximate surface area is 215 Å². The summed E-state index contributed by atoms with van der Waals surface area (Å²) in [7, 11) is 0. The number of carbonyl (C=O) groups excluding carboxylic acids is 2. The van der Waals surface area contributed by atoms with Gasteiger partial charge in [0.25, 0.3) is 18.2 Å². The summed E-state index contributed by atoms with van der Waals surface area (Å²) in [5.74, 6) is -1.62. The normalized spacial score (nSPS) is 13.7. The number of anilines is 1. The average Bonchev–Trinajstić information content (AvgIpc) is 3.49. The van der Waals surface area contributed by atoms with Gasteiger partial charge >= 0.3 is 6.18 Å². The lowest BCUT2D eigenvalue weighted by Gasteiger charge is -2.10. The topological polar surface area (TPSA) is 112 Å². The fraction of sp³-hybridized carbons (Fsp3) is 0.250. The predicted molar refractivity (Wildman–Crippen MR) is 127 cm³/mol. The van der Waals surface area contributed by atoms with E-state index in [9.17, 15) is 31.5 Å². The number of aromatic nitrogens is 3. The number of nitrogens with two attached hydrogens (primary N) is 1. The maximum Gasteiger partial charge on any atom is 0.416 e. The molecule has 0 unspecified atom stereocenters. The molecule has 198 valence electrons. The Balaban J connectivity index is 1.38. The maximum atomic E-state index is 13.4. The molecular formula is C24H18F5N5O3S. The number of thiophene rings is 1. The van der Waals surface area contributed by atoms with Gasteiger partial charge in [-0.25, -0.2) is 18.4 Å². The number of rotatable bonds is 8. The van der Waals surface area contributed by atoms with Crippen LogP contribution in [0.1, 0.15) is 62.2 Å². The summed E-state index contributed by atoms with van der Waals surface area (Å²) in [5.41, 5.74) is 4.76. The van der Waals surface area contributed by atoms with Crippen LogP contribution in [-0.2, 0) is 12.9 Å². The van der Waals surface area contributed by atoms with Gasteiger partial charge in [-0.2, -0.15) is 18.3 Å². The summed E-state index contributed by atoms with van der Waals surface area (Å²) in [6.07, 6.45) is -4.41. The minimum atomic E-state index is -4.53. The second-order valence-electron chi connectivity index (χ2n) is 8.56. The lowest BCUT2D eigenvalue weighted by atomic mass is 10.0. The van der Waals surface area contributed by atoms with E-state index in [2.05, 4.69) is 15.4 Å². The molecule has 3 N–H and O–H groups in total. The number of hydrogen-bond donors (Lipinski definition) is 2. The Kier molecular flexibility index (Phi) is 6.51. The first-order valence-electron chi connectivity index (χ1n) is 11.2. The van der Waals surface area contributed by atoms with Crippen molar-refractivity contribution in [2.45, 2.75) is 38.1 Å². The van der Waals surface area contributed by atoms with Crippen molar-refractivity contribution < 1.29 is 36.3 Å². The summed E-state index contributed by atoms with van der Waals surface area (Å²) in [6.45, 7) is -0.283. The average molecular weight is 551 g/mol. The van der Waals surface area contributed by atoms with Crippen LogP contribution in [0.3, 0.4) is 0 Å². The van der Waals surface area contributed by atoms with Crippen LogP contribution < -0.4 is 15.8 Å². The van der Waals surface area contributed by atoms with E-state index in [1.807, 2.05) is 0 Å². The number of nitrogens with one attached hydrogen (secondary N) is 1. The van der Waals surface area contributed by atoms with Crippen LogP contribution in [0.2, 0.25) is 0 Å². The lowest BCUT2D eigenvalue weighted by Crippen LogP contribution is -2.18. The first kappa shape index (κ1) is 25.6. The Hall–Kier alpha value is -4.07. The van der Waals surface area contributed by atoms with Gasteiger partial charge in [0.15, 0.2) is 12.4 Å². The van der Waals surface area contributed by atoms with Gasteiger partial charge in [-0.15, -0.1) is 11.3 Å². The fourth-order valence-electron chi connectivity index (χ4n) is 3.90. The summed E-state index contributed by atoms with van der Waals surface area (Å²) in [4.78, 5) is 29.2. The van der Waals surface area contributed by atoms with Gasteiger partial charge in [0.2, 0.25) is 0 Å². The molecule has 3 aromatic heterocycles. The Bertz CT molecular complexity index is 1540. The molecular weight excluding hydrogens is 533 g/mol. The van der Waals surface area contributed by atoms with Crippen LogP contribution in [0.15, 0.2) is 42.6 Å². The van der Waals surface area contributed by atoms with E-state index in [0.717, 1.165) is 36.3 Å². The molecule has 14 heteroatoms. The molecule has 1 saturated carbocycles. The van der Waals surface area contributed by atoms with Crippen LogP contribution in [0.25, 0.3) is 10.2 Å². The third-order valence-corrected chi connectivity index (χ3v) is 6.91. The number of carbonyl (C=O) groups is 2. The summed E-state index contributed by atoms with van der Waals surface area (Å²) in [5, 5.41) is 7.07. The smallest absolute Gasteiger partial charge is 0.416 e. The standard InChI is InChI=1S/C24H18F5N5O3S/c25-20(26)16-9-14(11-4-5-11)17-18(19(21(30)35)38-23(17)31-16)32-22(36)15-6-7-34(33-15)10-37-13-3-1-2-12(8-13)24(27,28)29/h1-3,6-9,11,20H,4-5,10H2,(H2,30,35)(H,32,36). The zero-order chi connectivity index (χ0) is 27.2. The van der Waals surface area contributed by atoms with E-state index in [1.165, 1.54) is 35.1 Å². The van der Waals surface area contributed by atoms with Crippen LogP contribution in [0.4, 0.5) is 27.6 Å². The molecule has 5 rings (SSSR count). The van der Waals surface area contributed by atoms with E-state index in [1.54, 1.807) is 0 Å². The molecule has 0 bridgehead atoms. The molecule has 1 fully saturated rings. The summed E-state index contributed by atoms with van der Waals surface area (Å²) in [6, 6.07) is 6.95.